The third kappa shape index (κ3) is 3.92. The van der Waals surface area contributed by atoms with E-state index < -0.39 is 11.8 Å². The first kappa shape index (κ1) is 19.4. The summed E-state index contributed by atoms with van der Waals surface area (Å²) in [6.45, 7) is 4.37. The third-order valence-corrected chi connectivity index (χ3v) is 6.37. The van der Waals surface area contributed by atoms with E-state index in [1.165, 1.54) is 18.9 Å². The standard InChI is InChI=1S/C24H29F2NO/c1-3-4-19-10-9-17-13-18(14-21(25)23(17)28-19)20-11-12-22(27-24(20)26)16-7-5-15(2)6-8-16/h11-16,19H,3-10H2,1-2H3. The summed E-state index contributed by atoms with van der Waals surface area (Å²) >= 11 is 0. The van der Waals surface area contributed by atoms with Crippen LogP contribution in [0.5, 0.6) is 5.75 Å². The first-order valence-corrected chi connectivity index (χ1v) is 10.7. The van der Waals surface area contributed by atoms with Crippen molar-refractivity contribution in [2.24, 2.45) is 5.92 Å². The fraction of sp³-hybridized carbons (Fsp3) is 0.542. The molecule has 0 bridgehead atoms. The Morgan fingerprint density at radius 2 is 1.86 bits per heavy atom. The van der Waals surface area contributed by atoms with Crippen molar-refractivity contribution < 1.29 is 13.5 Å². The summed E-state index contributed by atoms with van der Waals surface area (Å²) < 4.78 is 35.4. The molecule has 2 nitrogen and oxygen atoms in total. The van der Waals surface area contributed by atoms with E-state index in [1.807, 2.05) is 12.1 Å². The van der Waals surface area contributed by atoms with Crippen molar-refractivity contribution in [3.8, 4) is 16.9 Å². The number of hydrogen-bond donors (Lipinski definition) is 0. The first-order chi connectivity index (χ1) is 13.5. The van der Waals surface area contributed by atoms with Crippen molar-refractivity contribution in [3.63, 3.8) is 0 Å². The lowest BCUT2D eigenvalue weighted by Crippen LogP contribution is -2.23. The van der Waals surface area contributed by atoms with E-state index in [2.05, 4.69) is 18.8 Å². The number of nitrogens with zero attached hydrogens (tertiary/aromatic N) is 1. The normalized spacial score (nSPS) is 24.5. The number of pyridine rings is 1. The van der Waals surface area contributed by atoms with E-state index in [4.69, 9.17) is 4.74 Å². The van der Waals surface area contributed by atoms with E-state index in [0.717, 1.165) is 55.7 Å². The van der Waals surface area contributed by atoms with Crippen molar-refractivity contribution in [1.29, 1.82) is 0 Å². The van der Waals surface area contributed by atoms with Crippen LogP contribution in [-0.2, 0) is 6.42 Å². The predicted octanol–water partition coefficient (Wildman–Crippen LogP) is 6.81. The topological polar surface area (TPSA) is 22.1 Å². The zero-order valence-electron chi connectivity index (χ0n) is 16.8. The maximum atomic E-state index is 14.8. The van der Waals surface area contributed by atoms with Gasteiger partial charge in [0.15, 0.2) is 11.6 Å². The summed E-state index contributed by atoms with van der Waals surface area (Å²) in [4.78, 5) is 4.26. The van der Waals surface area contributed by atoms with Crippen LogP contribution in [0.4, 0.5) is 8.78 Å². The number of aryl methyl sites for hydroxylation is 1. The first-order valence-electron chi connectivity index (χ1n) is 10.7. The van der Waals surface area contributed by atoms with Crippen molar-refractivity contribution in [2.45, 2.75) is 77.2 Å². The van der Waals surface area contributed by atoms with Crippen LogP contribution in [0.25, 0.3) is 11.1 Å². The van der Waals surface area contributed by atoms with Crippen LogP contribution in [0, 0.1) is 17.7 Å². The molecule has 1 aromatic heterocycles. The average molecular weight is 385 g/mol. The fourth-order valence-corrected chi connectivity index (χ4v) is 4.64. The Bertz CT molecular complexity index is 843. The van der Waals surface area contributed by atoms with Crippen LogP contribution in [0.3, 0.4) is 0 Å². The smallest absolute Gasteiger partial charge is 0.220 e. The molecule has 28 heavy (non-hydrogen) atoms. The number of aromatic nitrogens is 1. The Kier molecular flexibility index (Phi) is 5.65. The molecule has 2 aromatic rings. The molecule has 0 saturated heterocycles. The van der Waals surface area contributed by atoms with Crippen LogP contribution in [0.15, 0.2) is 24.3 Å². The number of halogens is 2. The Balaban J connectivity index is 1.59. The number of fused-ring (bicyclic) bond motifs is 1. The van der Waals surface area contributed by atoms with Crippen LogP contribution >= 0.6 is 0 Å². The maximum absolute atomic E-state index is 14.8. The minimum atomic E-state index is -0.504. The maximum Gasteiger partial charge on any atom is 0.220 e. The third-order valence-electron chi connectivity index (χ3n) is 6.37. The number of benzene rings is 1. The molecule has 1 aliphatic heterocycles. The molecule has 0 amide bonds. The van der Waals surface area contributed by atoms with Crippen LogP contribution in [0.1, 0.15) is 76.0 Å². The van der Waals surface area contributed by atoms with Gasteiger partial charge in [0.05, 0.1) is 6.10 Å². The van der Waals surface area contributed by atoms with E-state index in [-0.39, 0.29) is 6.10 Å². The summed E-state index contributed by atoms with van der Waals surface area (Å²) in [5, 5.41) is 0. The highest BCUT2D eigenvalue weighted by Crippen LogP contribution is 2.38. The molecule has 1 atom stereocenters. The Morgan fingerprint density at radius 1 is 1.07 bits per heavy atom. The quantitative estimate of drug-likeness (QED) is 0.539. The van der Waals surface area contributed by atoms with E-state index in [1.54, 1.807) is 6.07 Å². The lowest BCUT2D eigenvalue weighted by atomic mass is 9.81. The zero-order chi connectivity index (χ0) is 19.7. The highest BCUT2D eigenvalue weighted by molar-refractivity contribution is 5.66. The molecule has 2 heterocycles. The molecule has 0 N–H and O–H groups in total. The van der Waals surface area contributed by atoms with Crippen molar-refractivity contribution >= 4 is 0 Å². The Hall–Kier alpha value is -1.97. The Morgan fingerprint density at radius 3 is 2.57 bits per heavy atom. The molecule has 2 aliphatic rings. The van der Waals surface area contributed by atoms with Gasteiger partial charge in [-0.1, -0.05) is 33.1 Å². The van der Waals surface area contributed by atoms with Crippen LogP contribution < -0.4 is 4.74 Å². The van der Waals surface area contributed by atoms with Gasteiger partial charge in [-0.15, -0.1) is 0 Å². The van der Waals surface area contributed by atoms with Crippen molar-refractivity contribution in [3.05, 3.63) is 47.3 Å². The van der Waals surface area contributed by atoms with Gasteiger partial charge >= 0.3 is 0 Å². The lowest BCUT2D eigenvalue weighted by Gasteiger charge is -2.27. The second-order valence-electron chi connectivity index (χ2n) is 8.54. The minimum absolute atomic E-state index is 0.0775. The van der Waals surface area contributed by atoms with E-state index >= 15 is 0 Å². The second kappa shape index (κ2) is 8.18. The zero-order valence-corrected chi connectivity index (χ0v) is 16.8. The predicted molar refractivity (Wildman–Crippen MR) is 108 cm³/mol. The summed E-state index contributed by atoms with van der Waals surface area (Å²) in [6, 6.07) is 6.93. The van der Waals surface area contributed by atoms with Gasteiger partial charge in [0.2, 0.25) is 5.95 Å². The summed E-state index contributed by atoms with van der Waals surface area (Å²) in [6.07, 6.45) is 8.14. The second-order valence-corrected chi connectivity index (χ2v) is 8.54. The lowest BCUT2D eigenvalue weighted by molar-refractivity contribution is 0.155. The molecule has 4 rings (SSSR count). The van der Waals surface area contributed by atoms with Crippen LogP contribution in [0.2, 0.25) is 0 Å². The SMILES string of the molecule is CCCC1CCc2cc(-c3ccc(C4CCC(C)CC4)nc3F)cc(F)c2O1. The van der Waals surface area contributed by atoms with Gasteiger partial charge in [-0.3, -0.25) is 0 Å². The molecule has 0 spiro atoms. The van der Waals surface area contributed by atoms with Crippen molar-refractivity contribution in [1.82, 2.24) is 4.98 Å². The monoisotopic (exact) mass is 385 g/mol. The van der Waals surface area contributed by atoms with Gasteiger partial charge in [-0.2, -0.15) is 4.39 Å². The molecule has 1 saturated carbocycles. The van der Waals surface area contributed by atoms with Crippen LogP contribution in [-0.4, -0.2) is 11.1 Å². The van der Waals surface area contributed by atoms with Crippen molar-refractivity contribution in [2.75, 3.05) is 0 Å². The molecule has 0 radical (unpaired) electrons. The molecule has 1 aromatic carbocycles. The van der Waals surface area contributed by atoms with Gasteiger partial charge < -0.3 is 4.74 Å². The Labute approximate surface area is 166 Å². The van der Waals surface area contributed by atoms with Gasteiger partial charge in [-0.25, -0.2) is 9.37 Å². The largest absolute Gasteiger partial charge is 0.487 e. The summed E-state index contributed by atoms with van der Waals surface area (Å²) in [7, 11) is 0. The summed E-state index contributed by atoms with van der Waals surface area (Å²) in [5.74, 6) is 0.519. The summed E-state index contributed by atoms with van der Waals surface area (Å²) in [5.41, 5.74) is 2.57. The highest BCUT2D eigenvalue weighted by atomic mass is 19.1. The van der Waals surface area contributed by atoms with Gasteiger partial charge in [0.25, 0.3) is 0 Å². The molecule has 1 aliphatic carbocycles. The number of ether oxygens (including phenoxy) is 1. The van der Waals surface area contributed by atoms with E-state index in [0.29, 0.717) is 22.8 Å². The molecule has 4 heteroatoms. The molecular formula is C24H29F2NO. The fourth-order valence-electron chi connectivity index (χ4n) is 4.64. The number of rotatable bonds is 4. The van der Waals surface area contributed by atoms with Gasteiger partial charge in [-0.05, 0) is 73.4 Å². The molecule has 150 valence electrons. The van der Waals surface area contributed by atoms with Gasteiger partial charge in [0, 0.05) is 17.2 Å². The number of hydrogen-bond acceptors (Lipinski definition) is 2. The highest BCUT2D eigenvalue weighted by Gasteiger charge is 2.25. The molecule has 1 fully saturated rings. The molecular weight excluding hydrogens is 356 g/mol. The van der Waals surface area contributed by atoms with Gasteiger partial charge in [0.1, 0.15) is 0 Å². The minimum Gasteiger partial charge on any atom is -0.487 e. The average Bonchev–Trinajstić information content (AvgIpc) is 2.69. The van der Waals surface area contributed by atoms with E-state index in [9.17, 15) is 8.78 Å². The molecule has 1 unspecified atom stereocenters.